The molecule has 6 heteroatoms. The average Bonchev–Trinajstić information content (AvgIpc) is 3.35. The molecular formula is C23H18BrNO3S. The minimum atomic E-state index is -0.627. The summed E-state index contributed by atoms with van der Waals surface area (Å²) in [5, 5.41) is 12.5. The molecule has 1 aliphatic heterocycles. The fraction of sp³-hybridized carbons (Fsp3) is 0.130. The Balaban J connectivity index is 1.73. The monoisotopic (exact) mass is 467 g/mol. The Labute approximate surface area is 181 Å². The van der Waals surface area contributed by atoms with E-state index in [9.17, 15) is 14.7 Å². The third-order valence-electron chi connectivity index (χ3n) is 4.94. The molecular weight excluding hydrogens is 450 g/mol. The molecule has 1 atom stereocenters. The third-order valence-corrected chi connectivity index (χ3v) is 6.30. The zero-order chi connectivity index (χ0) is 20.4. The number of benzene rings is 2. The Kier molecular flexibility index (Phi) is 5.65. The van der Waals surface area contributed by atoms with E-state index < -0.39 is 17.7 Å². The molecule has 146 valence electrons. The molecule has 4 nitrogen and oxygen atoms in total. The van der Waals surface area contributed by atoms with Crippen molar-refractivity contribution in [2.45, 2.75) is 12.5 Å². The molecule has 0 fully saturated rings. The summed E-state index contributed by atoms with van der Waals surface area (Å²) in [6.45, 7) is 0.394. The van der Waals surface area contributed by atoms with E-state index in [1.54, 1.807) is 17.0 Å². The van der Waals surface area contributed by atoms with Gasteiger partial charge in [-0.1, -0.05) is 64.5 Å². The van der Waals surface area contributed by atoms with Crippen LogP contribution in [-0.4, -0.2) is 28.2 Å². The summed E-state index contributed by atoms with van der Waals surface area (Å²) in [6, 6.07) is 20.2. The zero-order valence-corrected chi connectivity index (χ0v) is 17.8. The van der Waals surface area contributed by atoms with E-state index >= 15 is 0 Å². The van der Waals surface area contributed by atoms with Gasteiger partial charge in [0.2, 0.25) is 5.78 Å². The van der Waals surface area contributed by atoms with Gasteiger partial charge in [0.25, 0.3) is 5.91 Å². The van der Waals surface area contributed by atoms with Crippen molar-refractivity contribution in [1.82, 2.24) is 4.90 Å². The topological polar surface area (TPSA) is 57.6 Å². The fourth-order valence-electron chi connectivity index (χ4n) is 3.57. The highest BCUT2D eigenvalue weighted by molar-refractivity contribution is 9.10. The maximum Gasteiger partial charge on any atom is 0.290 e. The van der Waals surface area contributed by atoms with Gasteiger partial charge in [-0.3, -0.25) is 9.59 Å². The molecule has 0 saturated heterocycles. The largest absolute Gasteiger partial charge is 0.503 e. The maximum absolute atomic E-state index is 13.2. The van der Waals surface area contributed by atoms with Crippen molar-refractivity contribution in [3.8, 4) is 0 Å². The standard InChI is InChI=1S/C23H18BrNO3S/c24-17-9-4-8-16(14-17)20-19(21(26)18-10-5-13-29-18)22(27)23(28)25(20)12-11-15-6-2-1-3-7-15/h1-10,13-14,20,27H,11-12H2. The average molecular weight is 468 g/mol. The number of carbonyl (C=O) groups is 2. The molecule has 1 aromatic heterocycles. The Hall–Kier alpha value is -2.70. The summed E-state index contributed by atoms with van der Waals surface area (Å²) in [6.07, 6.45) is 0.630. The van der Waals surface area contributed by atoms with Crippen LogP contribution in [-0.2, 0) is 11.2 Å². The predicted molar refractivity (Wildman–Crippen MR) is 117 cm³/mol. The number of carbonyl (C=O) groups excluding carboxylic acids is 2. The molecule has 0 radical (unpaired) electrons. The number of hydrogen-bond acceptors (Lipinski definition) is 4. The Morgan fingerprint density at radius 2 is 1.86 bits per heavy atom. The fourth-order valence-corrected chi connectivity index (χ4v) is 4.67. The lowest BCUT2D eigenvalue weighted by Crippen LogP contribution is -2.33. The number of aliphatic hydroxyl groups excluding tert-OH is 1. The number of ketones is 1. The van der Waals surface area contributed by atoms with Crippen molar-refractivity contribution in [2.24, 2.45) is 0 Å². The van der Waals surface area contributed by atoms with Crippen molar-refractivity contribution in [1.29, 1.82) is 0 Å². The second kappa shape index (κ2) is 8.35. The van der Waals surface area contributed by atoms with Crippen LogP contribution in [0.15, 0.2) is 87.9 Å². The lowest BCUT2D eigenvalue weighted by molar-refractivity contribution is -0.129. The second-order valence-electron chi connectivity index (χ2n) is 6.76. The van der Waals surface area contributed by atoms with Gasteiger partial charge in [0.05, 0.1) is 16.5 Å². The third kappa shape index (κ3) is 3.91. The Bertz CT molecular complexity index is 1080. The summed E-state index contributed by atoms with van der Waals surface area (Å²) in [5.74, 6) is -1.27. The van der Waals surface area contributed by atoms with Crippen LogP contribution >= 0.6 is 27.3 Å². The Morgan fingerprint density at radius 3 is 2.55 bits per heavy atom. The molecule has 1 N–H and O–H groups in total. The summed E-state index contributed by atoms with van der Waals surface area (Å²) >= 11 is 4.77. The first-order chi connectivity index (χ1) is 14.1. The molecule has 1 aliphatic rings. The number of nitrogens with zero attached hydrogens (tertiary/aromatic N) is 1. The van der Waals surface area contributed by atoms with E-state index in [1.807, 2.05) is 60.0 Å². The van der Waals surface area contributed by atoms with E-state index in [0.717, 1.165) is 15.6 Å². The lowest BCUT2D eigenvalue weighted by atomic mass is 9.95. The zero-order valence-electron chi connectivity index (χ0n) is 15.4. The summed E-state index contributed by atoms with van der Waals surface area (Å²) in [7, 11) is 0. The number of amides is 1. The number of thiophene rings is 1. The van der Waals surface area contributed by atoms with Gasteiger partial charge in [-0.05, 0) is 41.1 Å². The first-order valence-electron chi connectivity index (χ1n) is 9.18. The van der Waals surface area contributed by atoms with E-state index in [2.05, 4.69) is 15.9 Å². The highest BCUT2D eigenvalue weighted by atomic mass is 79.9. The van der Waals surface area contributed by atoms with Gasteiger partial charge in [0, 0.05) is 11.0 Å². The van der Waals surface area contributed by atoms with Crippen molar-refractivity contribution in [3.05, 3.63) is 104 Å². The van der Waals surface area contributed by atoms with Crippen LogP contribution in [0.1, 0.15) is 26.8 Å². The van der Waals surface area contributed by atoms with Crippen LogP contribution in [0.3, 0.4) is 0 Å². The number of rotatable bonds is 6. The molecule has 0 saturated carbocycles. The van der Waals surface area contributed by atoms with Crippen LogP contribution in [0.25, 0.3) is 0 Å². The molecule has 29 heavy (non-hydrogen) atoms. The predicted octanol–water partition coefficient (Wildman–Crippen LogP) is 5.33. The van der Waals surface area contributed by atoms with Crippen molar-refractivity contribution in [2.75, 3.05) is 6.54 Å². The molecule has 0 aliphatic carbocycles. The summed E-state index contributed by atoms with van der Waals surface area (Å²) < 4.78 is 0.847. The van der Waals surface area contributed by atoms with Gasteiger partial charge >= 0.3 is 0 Å². The smallest absolute Gasteiger partial charge is 0.290 e. The van der Waals surface area contributed by atoms with Crippen molar-refractivity contribution >= 4 is 39.0 Å². The lowest BCUT2D eigenvalue weighted by Gasteiger charge is -2.27. The van der Waals surface area contributed by atoms with E-state index in [0.29, 0.717) is 17.8 Å². The van der Waals surface area contributed by atoms with Gasteiger partial charge in [-0.15, -0.1) is 11.3 Å². The van der Waals surface area contributed by atoms with E-state index in [1.165, 1.54) is 11.3 Å². The van der Waals surface area contributed by atoms with Crippen LogP contribution in [0.5, 0.6) is 0 Å². The molecule has 0 spiro atoms. The van der Waals surface area contributed by atoms with Gasteiger partial charge in [0.15, 0.2) is 5.76 Å². The highest BCUT2D eigenvalue weighted by Gasteiger charge is 2.43. The molecule has 1 unspecified atom stereocenters. The second-order valence-corrected chi connectivity index (χ2v) is 8.62. The van der Waals surface area contributed by atoms with Crippen LogP contribution in [0.2, 0.25) is 0 Å². The van der Waals surface area contributed by atoms with Crippen LogP contribution in [0, 0.1) is 0 Å². The number of halogens is 1. The Morgan fingerprint density at radius 1 is 1.07 bits per heavy atom. The quantitative estimate of drug-likeness (QED) is 0.498. The van der Waals surface area contributed by atoms with Gasteiger partial charge in [0.1, 0.15) is 0 Å². The number of aliphatic hydroxyl groups is 1. The van der Waals surface area contributed by atoms with Crippen molar-refractivity contribution in [3.63, 3.8) is 0 Å². The van der Waals surface area contributed by atoms with Crippen molar-refractivity contribution < 1.29 is 14.7 Å². The van der Waals surface area contributed by atoms with Crippen LogP contribution < -0.4 is 0 Å². The summed E-state index contributed by atoms with van der Waals surface area (Å²) in [5.41, 5.74) is 2.01. The number of Topliss-reactive ketones (excluding diaryl/α,β-unsaturated/α-hetero) is 1. The highest BCUT2D eigenvalue weighted by Crippen LogP contribution is 2.40. The van der Waals surface area contributed by atoms with Gasteiger partial charge in [-0.2, -0.15) is 0 Å². The van der Waals surface area contributed by atoms with Crippen LogP contribution in [0.4, 0.5) is 0 Å². The summed E-state index contributed by atoms with van der Waals surface area (Å²) in [4.78, 5) is 28.2. The van der Waals surface area contributed by atoms with E-state index in [4.69, 9.17) is 0 Å². The first-order valence-corrected chi connectivity index (χ1v) is 10.8. The normalized spacial score (nSPS) is 16.5. The molecule has 3 aromatic rings. The minimum Gasteiger partial charge on any atom is -0.503 e. The molecule has 2 aromatic carbocycles. The van der Waals surface area contributed by atoms with Gasteiger partial charge < -0.3 is 10.0 Å². The van der Waals surface area contributed by atoms with E-state index in [-0.39, 0.29) is 11.4 Å². The van der Waals surface area contributed by atoms with Gasteiger partial charge in [-0.25, -0.2) is 0 Å². The maximum atomic E-state index is 13.2. The molecule has 1 amide bonds. The molecule has 0 bridgehead atoms. The molecule has 2 heterocycles. The first kappa shape index (κ1) is 19.6. The molecule has 4 rings (SSSR count). The minimum absolute atomic E-state index is 0.142. The number of hydrogen-bond donors (Lipinski definition) is 1. The SMILES string of the molecule is O=C(C1=C(O)C(=O)N(CCc2ccccc2)C1c1cccc(Br)c1)c1cccs1.